The lowest BCUT2D eigenvalue weighted by Gasteiger charge is -2.36. The Kier molecular flexibility index (Phi) is 8.10. The van der Waals surface area contributed by atoms with E-state index in [1.807, 2.05) is 11.0 Å². The molecule has 1 aliphatic carbocycles. The topological polar surface area (TPSA) is 62.5 Å². The van der Waals surface area contributed by atoms with E-state index in [1.165, 1.54) is 24.2 Å². The predicted molar refractivity (Wildman–Crippen MR) is 118 cm³/mol. The average molecular weight is 517 g/mol. The number of halogens is 5. The molecule has 0 bridgehead atoms. The monoisotopic (exact) mass is 516 g/mol. The molecule has 4 rings (SSSR count). The van der Waals surface area contributed by atoms with E-state index in [2.05, 4.69) is 20.9 Å². The first-order chi connectivity index (χ1) is 15.2. The molecule has 0 atom stereocenters. The number of nitrogens with two attached hydrogens (primary N) is 1. The van der Waals surface area contributed by atoms with Crippen molar-refractivity contribution in [1.82, 2.24) is 9.88 Å². The average Bonchev–Trinajstić information content (AvgIpc) is 3.58. The first kappa shape index (κ1) is 24.4. The van der Waals surface area contributed by atoms with Crippen LogP contribution >= 0.6 is 15.9 Å². The van der Waals surface area contributed by atoms with Crippen LogP contribution in [0.1, 0.15) is 35.2 Å². The van der Waals surface area contributed by atoms with Crippen LogP contribution in [0, 0.1) is 11.7 Å². The number of nitrogens with zero attached hydrogens (tertiary/aromatic N) is 3. The second kappa shape index (κ2) is 10.6. The van der Waals surface area contributed by atoms with Gasteiger partial charge in [0.25, 0.3) is 5.91 Å². The van der Waals surface area contributed by atoms with Crippen molar-refractivity contribution in [1.29, 1.82) is 0 Å². The second-order valence-corrected chi connectivity index (χ2v) is 8.65. The van der Waals surface area contributed by atoms with Gasteiger partial charge in [-0.15, -0.1) is 0 Å². The number of amides is 1. The van der Waals surface area contributed by atoms with Crippen molar-refractivity contribution in [2.24, 2.45) is 11.7 Å². The summed E-state index contributed by atoms with van der Waals surface area (Å²) in [7, 11) is 0. The molecule has 0 unspecified atom stereocenters. The van der Waals surface area contributed by atoms with Gasteiger partial charge in [0.1, 0.15) is 11.6 Å². The predicted octanol–water partition coefficient (Wildman–Crippen LogP) is 4.71. The van der Waals surface area contributed by atoms with Crippen molar-refractivity contribution >= 4 is 27.7 Å². The molecule has 1 aliphatic heterocycles. The Balaban J connectivity index is 0.000000416. The highest BCUT2D eigenvalue weighted by Gasteiger charge is 2.37. The molecule has 2 aliphatic rings. The SMILES string of the molecule is NCCC1CC1.O=C(c1cc(F)ccc1C(F)(F)F)N1CCN(c2ncccc2Br)CC1. The number of anilines is 1. The van der Waals surface area contributed by atoms with Gasteiger partial charge in [-0.05, 0) is 65.1 Å². The summed E-state index contributed by atoms with van der Waals surface area (Å²) in [5, 5.41) is 0. The summed E-state index contributed by atoms with van der Waals surface area (Å²) in [6.45, 7) is 2.16. The van der Waals surface area contributed by atoms with E-state index in [-0.39, 0.29) is 13.1 Å². The Labute approximate surface area is 192 Å². The van der Waals surface area contributed by atoms with Crippen LogP contribution in [0.2, 0.25) is 0 Å². The minimum atomic E-state index is -4.72. The molecule has 2 N–H and O–H groups in total. The maximum atomic E-state index is 13.4. The summed E-state index contributed by atoms with van der Waals surface area (Å²) in [5.41, 5.74) is 3.48. The number of carbonyl (C=O) groups is 1. The summed E-state index contributed by atoms with van der Waals surface area (Å²) in [5.74, 6) is 0.0327. The molecule has 1 aromatic heterocycles. The quantitative estimate of drug-likeness (QED) is 0.597. The Hall–Kier alpha value is -2.20. The highest BCUT2D eigenvalue weighted by atomic mass is 79.9. The molecule has 0 radical (unpaired) electrons. The number of hydrogen-bond donors (Lipinski definition) is 1. The molecule has 32 heavy (non-hydrogen) atoms. The van der Waals surface area contributed by atoms with Gasteiger partial charge in [0.2, 0.25) is 0 Å². The summed E-state index contributed by atoms with van der Waals surface area (Å²) in [4.78, 5) is 20.0. The third-order valence-electron chi connectivity index (χ3n) is 5.39. The van der Waals surface area contributed by atoms with Crippen LogP contribution in [0.3, 0.4) is 0 Å². The van der Waals surface area contributed by atoms with E-state index < -0.39 is 29.0 Å². The molecule has 2 heterocycles. The van der Waals surface area contributed by atoms with E-state index in [0.717, 1.165) is 16.9 Å². The number of alkyl halides is 3. The minimum Gasteiger partial charge on any atom is -0.352 e. The third kappa shape index (κ3) is 6.41. The number of carbonyl (C=O) groups excluding carboxylic acids is 1. The number of piperazine rings is 1. The molecule has 174 valence electrons. The summed E-state index contributed by atoms with van der Waals surface area (Å²) < 4.78 is 53.6. The van der Waals surface area contributed by atoms with E-state index >= 15 is 0 Å². The lowest BCUT2D eigenvalue weighted by molar-refractivity contribution is -0.138. The van der Waals surface area contributed by atoms with Crippen molar-refractivity contribution in [3.8, 4) is 0 Å². The first-order valence-corrected chi connectivity index (χ1v) is 11.2. The lowest BCUT2D eigenvalue weighted by atomic mass is 10.0. The first-order valence-electron chi connectivity index (χ1n) is 10.4. The molecule has 0 spiro atoms. The molecule has 2 aromatic rings. The fourth-order valence-corrected chi connectivity index (χ4v) is 3.99. The molecule has 10 heteroatoms. The Morgan fingerprint density at radius 2 is 1.84 bits per heavy atom. The van der Waals surface area contributed by atoms with E-state index in [0.29, 0.717) is 37.1 Å². The van der Waals surface area contributed by atoms with Crippen molar-refractivity contribution in [3.05, 3.63) is 57.9 Å². The lowest BCUT2D eigenvalue weighted by Crippen LogP contribution is -2.49. The van der Waals surface area contributed by atoms with Crippen LogP contribution in [0.5, 0.6) is 0 Å². The van der Waals surface area contributed by atoms with Crippen molar-refractivity contribution in [3.63, 3.8) is 0 Å². The van der Waals surface area contributed by atoms with Gasteiger partial charge in [-0.25, -0.2) is 9.37 Å². The largest absolute Gasteiger partial charge is 0.417 e. The van der Waals surface area contributed by atoms with Gasteiger partial charge in [-0.2, -0.15) is 13.2 Å². The van der Waals surface area contributed by atoms with E-state index in [1.54, 1.807) is 12.3 Å². The third-order valence-corrected chi connectivity index (χ3v) is 6.01. The highest BCUT2D eigenvalue weighted by Crippen LogP contribution is 2.33. The van der Waals surface area contributed by atoms with Crippen LogP contribution in [0.15, 0.2) is 41.0 Å². The molecule has 5 nitrogen and oxygen atoms in total. The normalized spacial score (nSPS) is 16.4. The maximum Gasteiger partial charge on any atom is 0.417 e. The molecule has 1 aromatic carbocycles. The number of pyridine rings is 1. The second-order valence-electron chi connectivity index (χ2n) is 7.80. The zero-order chi connectivity index (χ0) is 23.3. The van der Waals surface area contributed by atoms with Crippen molar-refractivity contribution < 1.29 is 22.4 Å². The van der Waals surface area contributed by atoms with Crippen LogP contribution in [0.25, 0.3) is 0 Å². The maximum absolute atomic E-state index is 13.4. The van der Waals surface area contributed by atoms with Crippen molar-refractivity contribution in [2.45, 2.75) is 25.4 Å². The van der Waals surface area contributed by atoms with Crippen LogP contribution in [-0.2, 0) is 6.18 Å². The fourth-order valence-electron chi connectivity index (χ4n) is 3.48. The molecular weight excluding hydrogens is 492 g/mol. The molecule has 1 amide bonds. The van der Waals surface area contributed by atoms with Crippen LogP contribution in [-0.4, -0.2) is 48.5 Å². The van der Waals surface area contributed by atoms with E-state index in [4.69, 9.17) is 5.73 Å². The van der Waals surface area contributed by atoms with Gasteiger partial charge in [-0.3, -0.25) is 4.79 Å². The Morgan fingerprint density at radius 3 is 2.38 bits per heavy atom. The molecule has 1 saturated carbocycles. The molecule has 2 fully saturated rings. The summed E-state index contributed by atoms with van der Waals surface area (Å²) in [6.07, 6.45) is 1.06. The molecule has 1 saturated heterocycles. The minimum absolute atomic E-state index is 0.218. The number of rotatable bonds is 4. The molecular formula is C22H25BrF4N4O. The van der Waals surface area contributed by atoms with Gasteiger partial charge >= 0.3 is 6.18 Å². The van der Waals surface area contributed by atoms with Gasteiger partial charge in [0.05, 0.1) is 15.6 Å². The Bertz CT molecular complexity index is 928. The smallest absolute Gasteiger partial charge is 0.352 e. The van der Waals surface area contributed by atoms with Gasteiger partial charge < -0.3 is 15.5 Å². The van der Waals surface area contributed by atoms with Crippen molar-refractivity contribution in [2.75, 3.05) is 37.6 Å². The highest BCUT2D eigenvalue weighted by molar-refractivity contribution is 9.10. The standard InChI is InChI=1S/C17H14BrF4N3O.C5H11N/c18-14-2-1-5-23-15(14)24-6-8-25(9-7-24)16(26)12-10-11(19)3-4-13(12)17(20,21)22;6-4-3-5-1-2-5/h1-5,10H,6-9H2;5H,1-4,6H2. The van der Waals surface area contributed by atoms with E-state index in [9.17, 15) is 22.4 Å². The number of aromatic nitrogens is 1. The zero-order valence-electron chi connectivity index (χ0n) is 17.4. The fraction of sp³-hybridized carbons (Fsp3) is 0.455. The number of hydrogen-bond acceptors (Lipinski definition) is 4. The van der Waals surface area contributed by atoms with Gasteiger partial charge in [0, 0.05) is 32.4 Å². The van der Waals surface area contributed by atoms with Crippen LogP contribution in [0.4, 0.5) is 23.4 Å². The van der Waals surface area contributed by atoms with Gasteiger partial charge in [0.15, 0.2) is 0 Å². The summed E-state index contributed by atoms with van der Waals surface area (Å²) in [6, 6.07) is 5.56. The summed E-state index contributed by atoms with van der Waals surface area (Å²) >= 11 is 3.40. The van der Waals surface area contributed by atoms with Gasteiger partial charge in [-0.1, -0.05) is 12.8 Å². The Morgan fingerprint density at radius 1 is 1.16 bits per heavy atom. The number of benzene rings is 1. The van der Waals surface area contributed by atoms with Crippen LogP contribution < -0.4 is 10.6 Å². The zero-order valence-corrected chi connectivity index (χ0v) is 19.0.